The van der Waals surface area contributed by atoms with Gasteiger partial charge in [-0.3, -0.25) is 0 Å². The second kappa shape index (κ2) is 5.04. The van der Waals surface area contributed by atoms with Gasteiger partial charge in [0.05, 0.1) is 6.26 Å². The Morgan fingerprint density at radius 3 is 2.67 bits per heavy atom. The van der Waals surface area contributed by atoms with E-state index in [9.17, 15) is 0 Å². The molecular weight excluding hydrogens is 210 g/mol. The zero-order chi connectivity index (χ0) is 10.5. The van der Waals surface area contributed by atoms with Crippen molar-refractivity contribution >= 4 is 11.3 Å². The largest absolute Gasteiger partial charge is 0.469 e. The number of hydrogen-bond donors (Lipinski definition) is 1. The van der Waals surface area contributed by atoms with Gasteiger partial charge in [0.2, 0.25) is 0 Å². The third-order valence-corrected chi connectivity index (χ3v) is 3.08. The minimum Gasteiger partial charge on any atom is -0.469 e. The number of furan rings is 1. The Morgan fingerprint density at radius 1 is 1.20 bits per heavy atom. The molecule has 15 heavy (non-hydrogen) atoms. The molecule has 80 valence electrons. The number of rotatable bonds is 5. The number of aromatic nitrogens is 2. The molecule has 2 heterocycles. The molecule has 0 saturated carbocycles. The topological polar surface area (TPSA) is 64.9 Å². The monoisotopic (exact) mass is 223 g/mol. The lowest BCUT2D eigenvalue weighted by Gasteiger charge is -1.91. The van der Waals surface area contributed by atoms with Crippen molar-refractivity contribution in [1.82, 2.24) is 10.2 Å². The Labute approximate surface area is 92.1 Å². The summed E-state index contributed by atoms with van der Waals surface area (Å²) in [7, 11) is 0. The van der Waals surface area contributed by atoms with E-state index < -0.39 is 0 Å². The van der Waals surface area contributed by atoms with Crippen LogP contribution < -0.4 is 5.73 Å². The van der Waals surface area contributed by atoms with E-state index in [2.05, 4.69) is 10.2 Å². The van der Waals surface area contributed by atoms with Crippen LogP contribution in [-0.2, 0) is 19.3 Å². The molecule has 0 radical (unpaired) electrons. The van der Waals surface area contributed by atoms with Crippen molar-refractivity contribution < 1.29 is 4.42 Å². The third kappa shape index (κ3) is 2.87. The Balaban J connectivity index is 1.88. The summed E-state index contributed by atoms with van der Waals surface area (Å²) in [6.07, 6.45) is 4.27. The summed E-state index contributed by atoms with van der Waals surface area (Å²) < 4.78 is 5.25. The fourth-order valence-corrected chi connectivity index (χ4v) is 2.16. The average molecular weight is 223 g/mol. The van der Waals surface area contributed by atoms with E-state index in [0.29, 0.717) is 6.54 Å². The average Bonchev–Trinajstić information content (AvgIpc) is 2.85. The van der Waals surface area contributed by atoms with Crippen LogP contribution in [0.5, 0.6) is 0 Å². The molecule has 0 aromatic carbocycles. The molecule has 2 aromatic rings. The minimum absolute atomic E-state index is 0.632. The lowest BCUT2D eigenvalue weighted by molar-refractivity contribution is 0.508. The van der Waals surface area contributed by atoms with Crippen LogP contribution >= 0.6 is 11.3 Å². The van der Waals surface area contributed by atoms with Crippen molar-refractivity contribution in [3.8, 4) is 0 Å². The van der Waals surface area contributed by atoms with Gasteiger partial charge in [-0.1, -0.05) is 0 Å². The molecule has 0 atom stereocenters. The maximum absolute atomic E-state index is 5.44. The Morgan fingerprint density at radius 2 is 2.00 bits per heavy atom. The molecule has 0 bridgehead atoms. The zero-order valence-corrected chi connectivity index (χ0v) is 9.17. The summed E-state index contributed by atoms with van der Waals surface area (Å²) in [5.41, 5.74) is 5.44. The fraction of sp³-hybridized carbons (Fsp3) is 0.400. The highest BCUT2D eigenvalue weighted by Gasteiger charge is 2.04. The van der Waals surface area contributed by atoms with Gasteiger partial charge in [-0.2, -0.15) is 0 Å². The van der Waals surface area contributed by atoms with E-state index >= 15 is 0 Å². The molecule has 2 aromatic heterocycles. The normalized spacial score (nSPS) is 10.7. The zero-order valence-electron chi connectivity index (χ0n) is 8.35. The van der Waals surface area contributed by atoms with Crippen LogP contribution in [0.15, 0.2) is 22.8 Å². The van der Waals surface area contributed by atoms with E-state index in [1.807, 2.05) is 12.1 Å². The molecule has 0 amide bonds. The first kappa shape index (κ1) is 10.3. The first-order valence-electron chi connectivity index (χ1n) is 4.92. The van der Waals surface area contributed by atoms with E-state index in [-0.39, 0.29) is 0 Å². The molecule has 0 aliphatic carbocycles. The summed E-state index contributed by atoms with van der Waals surface area (Å²) in [4.78, 5) is 0. The van der Waals surface area contributed by atoms with Crippen LogP contribution in [0, 0.1) is 0 Å². The molecule has 0 saturated heterocycles. The molecular formula is C10H13N3OS. The molecule has 0 aliphatic heterocycles. The SMILES string of the molecule is NCCc1nnc(CCc2ccco2)s1. The van der Waals surface area contributed by atoms with E-state index in [1.54, 1.807) is 17.6 Å². The van der Waals surface area contributed by atoms with Gasteiger partial charge < -0.3 is 10.2 Å². The van der Waals surface area contributed by atoms with Crippen LogP contribution in [0.3, 0.4) is 0 Å². The third-order valence-electron chi connectivity index (χ3n) is 2.03. The lowest BCUT2D eigenvalue weighted by atomic mass is 10.2. The van der Waals surface area contributed by atoms with Gasteiger partial charge in [-0.25, -0.2) is 0 Å². The number of hydrogen-bond acceptors (Lipinski definition) is 5. The van der Waals surface area contributed by atoms with E-state index in [1.165, 1.54) is 0 Å². The van der Waals surface area contributed by atoms with E-state index in [4.69, 9.17) is 10.2 Å². The van der Waals surface area contributed by atoms with Crippen molar-refractivity contribution in [2.45, 2.75) is 19.3 Å². The first-order chi connectivity index (χ1) is 7.38. The van der Waals surface area contributed by atoms with E-state index in [0.717, 1.165) is 35.0 Å². The molecule has 2 N–H and O–H groups in total. The number of nitrogens with two attached hydrogens (primary N) is 1. The lowest BCUT2D eigenvalue weighted by Crippen LogP contribution is -2.01. The van der Waals surface area contributed by atoms with Gasteiger partial charge in [-0.15, -0.1) is 21.5 Å². The molecule has 4 nitrogen and oxygen atoms in total. The molecule has 5 heteroatoms. The molecule has 0 unspecified atom stereocenters. The molecule has 2 rings (SSSR count). The fourth-order valence-electron chi connectivity index (χ4n) is 1.30. The number of aryl methyl sites for hydroxylation is 2. The van der Waals surface area contributed by atoms with Gasteiger partial charge in [0.15, 0.2) is 0 Å². The van der Waals surface area contributed by atoms with Gasteiger partial charge in [0.25, 0.3) is 0 Å². The highest BCUT2D eigenvalue weighted by atomic mass is 32.1. The highest BCUT2D eigenvalue weighted by molar-refractivity contribution is 7.11. The van der Waals surface area contributed by atoms with Crippen molar-refractivity contribution in [2.24, 2.45) is 5.73 Å². The van der Waals surface area contributed by atoms with Gasteiger partial charge in [0.1, 0.15) is 15.8 Å². The van der Waals surface area contributed by atoms with Crippen molar-refractivity contribution in [1.29, 1.82) is 0 Å². The van der Waals surface area contributed by atoms with Crippen molar-refractivity contribution in [3.05, 3.63) is 34.2 Å². The summed E-state index contributed by atoms with van der Waals surface area (Å²) in [6.45, 7) is 0.632. The van der Waals surface area contributed by atoms with Crippen molar-refractivity contribution in [3.63, 3.8) is 0 Å². The Kier molecular flexibility index (Phi) is 3.47. The van der Waals surface area contributed by atoms with Crippen LogP contribution in [0.4, 0.5) is 0 Å². The molecule has 0 aliphatic rings. The summed E-state index contributed by atoms with van der Waals surface area (Å²) in [5, 5.41) is 10.2. The van der Waals surface area contributed by atoms with Crippen LogP contribution in [0.2, 0.25) is 0 Å². The summed E-state index contributed by atoms with van der Waals surface area (Å²) in [5.74, 6) is 0.991. The van der Waals surface area contributed by atoms with Crippen LogP contribution in [0.25, 0.3) is 0 Å². The highest BCUT2D eigenvalue weighted by Crippen LogP contribution is 2.13. The second-order valence-electron chi connectivity index (χ2n) is 3.21. The number of nitrogens with zero attached hydrogens (tertiary/aromatic N) is 2. The molecule has 0 spiro atoms. The maximum Gasteiger partial charge on any atom is 0.118 e. The second-order valence-corrected chi connectivity index (χ2v) is 4.35. The standard InChI is InChI=1S/C10H13N3OS/c11-6-5-10-13-12-9(15-10)4-3-8-2-1-7-14-8/h1-2,7H,3-6,11H2. The van der Waals surface area contributed by atoms with Crippen molar-refractivity contribution in [2.75, 3.05) is 6.54 Å². The predicted molar refractivity (Wildman–Crippen MR) is 58.8 cm³/mol. The summed E-state index contributed by atoms with van der Waals surface area (Å²) >= 11 is 1.64. The van der Waals surface area contributed by atoms with Crippen LogP contribution in [0.1, 0.15) is 15.8 Å². The van der Waals surface area contributed by atoms with Gasteiger partial charge in [-0.05, 0) is 18.7 Å². The van der Waals surface area contributed by atoms with Crippen LogP contribution in [-0.4, -0.2) is 16.7 Å². The smallest absolute Gasteiger partial charge is 0.118 e. The van der Waals surface area contributed by atoms with Gasteiger partial charge >= 0.3 is 0 Å². The maximum atomic E-state index is 5.44. The Bertz CT molecular complexity index is 396. The first-order valence-corrected chi connectivity index (χ1v) is 5.74. The quantitative estimate of drug-likeness (QED) is 0.832. The summed E-state index contributed by atoms with van der Waals surface area (Å²) in [6, 6.07) is 3.87. The Hall–Kier alpha value is -1.20. The predicted octanol–water partition coefficient (Wildman–Crippen LogP) is 1.42. The van der Waals surface area contributed by atoms with Gasteiger partial charge in [0, 0.05) is 19.3 Å². The minimum atomic E-state index is 0.632. The molecule has 0 fully saturated rings.